The smallest absolute Gasteiger partial charge is 0.120 e. The Hall–Kier alpha value is -2.62. The number of pyridine rings is 1. The van der Waals surface area contributed by atoms with Crippen molar-refractivity contribution in [3.63, 3.8) is 0 Å². The van der Waals surface area contributed by atoms with Crippen molar-refractivity contribution >= 4 is 32.6 Å². The largest absolute Gasteiger partial charge is 0.411 e. The van der Waals surface area contributed by atoms with E-state index in [0.717, 1.165) is 31.9 Å². The normalized spacial score (nSPS) is 11.6. The molecule has 0 amide bonds. The zero-order valence-corrected chi connectivity index (χ0v) is 9.41. The molecule has 86 valence electrons. The summed E-state index contributed by atoms with van der Waals surface area (Å²) in [6.07, 6.45) is 3.50. The lowest BCUT2D eigenvalue weighted by Crippen LogP contribution is -1.93. The van der Waals surface area contributed by atoms with E-state index in [1.807, 2.05) is 42.6 Å². The van der Waals surface area contributed by atoms with Gasteiger partial charge >= 0.3 is 0 Å². The van der Waals surface area contributed by atoms with E-state index in [-0.39, 0.29) is 0 Å². The standard InChI is InChI=1S/C14H9N3O/c18-17-14-10(8-16-17)5-6-12-13(14)11-4-2-1-3-9(11)7-15-12/h1-8,18H. The molecule has 4 heteroatoms. The Bertz CT molecular complexity index is 895. The maximum atomic E-state index is 9.85. The molecule has 2 aromatic heterocycles. The van der Waals surface area contributed by atoms with E-state index >= 15 is 0 Å². The Morgan fingerprint density at radius 2 is 1.83 bits per heavy atom. The van der Waals surface area contributed by atoms with Crippen LogP contribution >= 0.6 is 0 Å². The fourth-order valence-electron chi connectivity index (χ4n) is 2.44. The molecule has 0 radical (unpaired) electrons. The molecule has 4 aromatic rings. The fraction of sp³-hybridized carbons (Fsp3) is 0. The van der Waals surface area contributed by atoms with Crippen LogP contribution in [0.15, 0.2) is 48.8 Å². The molecule has 4 rings (SSSR count). The second kappa shape index (κ2) is 3.20. The molecule has 18 heavy (non-hydrogen) atoms. The molecular weight excluding hydrogens is 226 g/mol. The average molecular weight is 235 g/mol. The number of rotatable bonds is 0. The van der Waals surface area contributed by atoms with Crippen molar-refractivity contribution in [1.82, 2.24) is 14.9 Å². The highest BCUT2D eigenvalue weighted by Crippen LogP contribution is 2.29. The van der Waals surface area contributed by atoms with Gasteiger partial charge < -0.3 is 5.21 Å². The van der Waals surface area contributed by atoms with Crippen molar-refractivity contribution in [2.45, 2.75) is 0 Å². The van der Waals surface area contributed by atoms with Crippen LogP contribution in [0.2, 0.25) is 0 Å². The van der Waals surface area contributed by atoms with Crippen LogP contribution in [0.5, 0.6) is 0 Å². The first-order valence-corrected chi connectivity index (χ1v) is 5.68. The number of fused-ring (bicyclic) bond motifs is 5. The zero-order chi connectivity index (χ0) is 12.1. The summed E-state index contributed by atoms with van der Waals surface area (Å²) in [5, 5.41) is 17.7. The summed E-state index contributed by atoms with van der Waals surface area (Å²) in [4.78, 5) is 5.35. The molecule has 2 aromatic carbocycles. The summed E-state index contributed by atoms with van der Waals surface area (Å²) in [6, 6.07) is 11.9. The maximum absolute atomic E-state index is 9.85. The lowest BCUT2D eigenvalue weighted by Gasteiger charge is -2.04. The fourth-order valence-corrected chi connectivity index (χ4v) is 2.44. The van der Waals surface area contributed by atoms with Crippen LogP contribution in [0.1, 0.15) is 0 Å². The molecule has 0 aliphatic rings. The lowest BCUT2D eigenvalue weighted by molar-refractivity contribution is 0.162. The van der Waals surface area contributed by atoms with Crippen molar-refractivity contribution in [3.8, 4) is 0 Å². The summed E-state index contributed by atoms with van der Waals surface area (Å²) >= 11 is 0. The molecule has 0 aliphatic heterocycles. The van der Waals surface area contributed by atoms with Gasteiger partial charge in [-0.1, -0.05) is 24.3 Å². The molecule has 0 fully saturated rings. The third-order valence-electron chi connectivity index (χ3n) is 3.27. The third kappa shape index (κ3) is 1.09. The minimum Gasteiger partial charge on any atom is -0.411 e. The first-order chi connectivity index (χ1) is 8.84. The SMILES string of the molecule is On1ncc2ccc3ncc4ccccc4c3c21. The van der Waals surface area contributed by atoms with E-state index in [1.165, 1.54) is 0 Å². The van der Waals surface area contributed by atoms with Gasteiger partial charge in [0, 0.05) is 22.4 Å². The molecule has 0 saturated carbocycles. The monoisotopic (exact) mass is 235 g/mol. The maximum Gasteiger partial charge on any atom is 0.120 e. The van der Waals surface area contributed by atoms with Gasteiger partial charge in [0.1, 0.15) is 5.52 Å². The number of aromatic nitrogens is 3. The first-order valence-electron chi connectivity index (χ1n) is 5.68. The quantitative estimate of drug-likeness (QED) is 0.376. The summed E-state index contributed by atoms with van der Waals surface area (Å²) in [5.74, 6) is 0. The number of benzene rings is 2. The van der Waals surface area contributed by atoms with Gasteiger partial charge in [0.25, 0.3) is 0 Å². The summed E-state index contributed by atoms with van der Waals surface area (Å²) in [5.41, 5.74) is 1.56. The van der Waals surface area contributed by atoms with Gasteiger partial charge in [0.2, 0.25) is 0 Å². The zero-order valence-electron chi connectivity index (χ0n) is 9.41. The molecule has 0 spiro atoms. The predicted octanol–water partition coefficient (Wildman–Crippen LogP) is 2.98. The van der Waals surface area contributed by atoms with E-state index in [2.05, 4.69) is 10.1 Å². The minimum absolute atomic E-state index is 0.705. The lowest BCUT2D eigenvalue weighted by atomic mass is 10.0. The molecule has 0 unspecified atom stereocenters. The van der Waals surface area contributed by atoms with Crippen LogP contribution in [0.4, 0.5) is 0 Å². The number of hydrogen-bond donors (Lipinski definition) is 1. The van der Waals surface area contributed by atoms with Gasteiger partial charge in [0.15, 0.2) is 0 Å². The summed E-state index contributed by atoms with van der Waals surface area (Å²) < 4.78 is 0. The minimum atomic E-state index is 0.705. The van der Waals surface area contributed by atoms with Crippen LogP contribution in [0, 0.1) is 0 Å². The van der Waals surface area contributed by atoms with Crippen molar-refractivity contribution in [2.24, 2.45) is 0 Å². The van der Waals surface area contributed by atoms with Crippen molar-refractivity contribution in [3.05, 3.63) is 48.8 Å². The van der Waals surface area contributed by atoms with Crippen molar-refractivity contribution in [1.29, 1.82) is 0 Å². The van der Waals surface area contributed by atoms with E-state index in [0.29, 0.717) is 5.52 Å². The predicted molar refractivity (Wildman–Crippen MR) is 69.7 cm³/mol. The molecule has 0 aliphatic carbocycles. The van der Waals surface area contributed by atoms with Crippen molar-refractivity contribution in [2.75, 3.05) is 0 Å². The van der Waals surface area contributed by atoms with Crippen LogP contribution in [0.3, 0.4) is 0 Å². The Kier molecular flexibility index (Phi) is 1.67. The summed E-state index contributed by atoms with van der Waals surface area (Å²) in [6.45, 7) is 0. The Labute approximate surface area is 102 Å². The highest BCUT2D eigenvalue weighted by Gasteiger charge is 2.10. The van der Waals surface area contributed by atoms with Crippen LogP contribution < -0.4 is 0 Å². The molecule has 0 saturated heterocycles. The Morgan fingerprint density at radius 1 is 0.944 bits per heavy atom. The van der Waals surface area contributed by atoms with Crippen LogP contribution in [0.25, 0.3) is 32.6 Å². The third-order valence-corrected chi connectivity index (χ3v) is 3.27. The number of hydrogen-bond acceptors (Lipinski definition) is 3. The van der Waals surface area contributed by atoms with E-state index in [4.69, 9.17) is 0 Å². The second-order valence-corrected chi connectivity index (χ2v) is 4.28. The summed E-state index contributed by atoms with van der Waals surface area (Å²) in [7, 11) is 0. The molecule has 0 bridgehead atoms. The van der Waals surface area contributed by atoms with E-state index < -0.39 is 0 Å². The Balaban J connectivity index is 2.41. The molecule has 0 atom stereocenters. The first kappa shape index (κ1) is 9.41. The Morgan fingerprint density at radius 3 is 2.78 bits per heavy atom. The van der Waals surface area contributed by atoms with Gasteiger partial charge in [-0.3, -0.25) is 4.98 Å². The second-order valence-electron chi connectivity index (χ2n) is 4.28. The van der Waals surface area contributed by atoms with Gasteiger partial charge in [-0.25, -0.2) is 0 Å². The van der Waals surface area contributed by atoms with Gasteiger partial charge in [-0.2, -0.15) is 0 Å². The molecule has 1 N–H and O–H groups in total. The highest BCUT2D eigenvalue weighted by atomic mass is 16.5. The van der Waals surface area contributed by atoms with Gasteiger partial charge in [-0.05, 0) is 17.5 Å². The molecule has 4 nitrogen and oxygen atoms in total. The van der Waals surface area contributed by atoms with Gasteiger partial charge in [0.05, 0.1) is 11.7 Å². The number of nitrogens with zero attached hydrogens (tertiary/aromatic N) is 3. The average Bonchev–Trinajstić information content (AvgIpc) is 2.80. The van der Waals surface area contributed by atoms with Crippen LogP contribution in [-0.2, 0) is 0 Å². The van der Waals surface area contributed by atoms with Crippen LogP contribution in [-0.4, -0.2) is 20.1 Å². The highest BCUT2D eigenvalue weighted by molar-refractivity contribution is 6.17. The molecule has 2 heterocycles. The van der Waals surface area contributed by atoms with E-state index in [1.54, 1.807) is 6.20 Å². The topological polar surface area (TPSA) is 50.9 Å². The van der Waals surface area contributed by atoms with E-state index in [9.17, 15) is 5.21 Å². The molecular formula is C14H9N3O. The van der Waals surface area contributed by atoms with Gasteiger partial charge in [-0.15, -0.1) is 9.94 Å². The van der Waals surface area contributed by atoms with Crippen molar-refractivity contribution < 1.29 is 5.21 Å².